The first-order valence-corrected chi connectivity index (χ1v) is 11.3. The molecule has 0 aliphatic heterocycles. The number of amides is 2. The third-order valence-electron chi connectivity index (χ3n) is 5.97. The zero-order valence-corrected chi connectivity index (χ0v) is 18.6. The Labute approximate surface area is 198 Å². The van der Waals surface area contributed by atoms with Gasteiger partial charge in [-0.15, -0.1) is 0 Å². The van der Waals surface area contributed by atoms with Crippen LogP contribution in [0.5, 0.6) is 0 Å². The normalized spacial score (nSPS) is 10.8. The predicted octanol–water partition coefficient (Wildman–Crippen LogP) is 5.85. The zero-order valence-electron chi connectivity index (χ0n) is 18.6. The summed E-state index contributed by atoms with van der Waals surface area (Å²) in [4.78, 5) is 25.7. The maximum absolute atomic E-state index is 12.8. The van der Waals surface area contributed by atoms with Crippen molar-refractivity contribution in [3.05, 3.63) is 131 Å². The average Bonchev–Trinajstić information content (AvgIpc) is 2.90. The molecular formula is C30H24N2O2. The van der Waals surface area contributed by atoms with E-state index in [9.17, 15) is 9.59 Å². The van der Waals surface area contributed by atoms with Gasteiger partial charge in [0.15, 0.2) is 0 Å². The summed E-state index contributed by atoms with van der Waals surface area (Å²) < 4.78 is 0. The monoisotopic (exact) mass is 444 g/mol. The molecule has 5 rings (SSSR count). The molecule has 4 heteroatoms. The van der Waals surface area contributed by atoms with Crippen LogP contribution in [-0.2, 0) is 13.1 Å². The van der Waals surface area contributed by atoms with Gasteiger partial charge in [0.05, 0.1) is 0 Å². The lowest BCUT2D eigenvalue weighted by Gasteiger charge is -2.11. The SMILES string of the molecule is O=C(NCc1cccc(CNC(=O)c2cccc3ccccc23)c1)c1cccc2ccccc12. The van der Waals surface area contributed by atoms with E-state index in [2.05, 4.69) is 10.6 Å². The van der Waals surface area contributed by atoms with Gasteiger partial charge in [0.1, 0.15) is 0 Å². The molecule has 0 unspecified atom stereocenters. The third kappa shape index (κ3) is 4.52. The summed E-state index contributed by atoms with van der Waals surface area (Å²) in [5.41, 5.74) is 3.28. The van der Waals surface area contributed by atoms with Gasteiger partial charge in [-0.2, -0.15) is 0 Å². The van der Waals surface area contributed by atoms with Crippen LogP contribution in [0.2, 0.25) is 0 Å². The summed E-state index contributed by atoms with van der Waals surface area (Å²) in [5, 5.41) is 9.99. The highest BCUT2D eigenvalue weighted by atomic mass is 16.2. The highest BCUT2D eigenvalue weighted by Gasteiger charge is 2.11. The minimum absolute atomic E-state index is 0.105. The van der Waals surface area contributed by atoms with E-state index in [0.717, 1.165) is 32.7 Å². The van der Waals surface area contributed by atoms with E-state index in [1.165, 1.54) is 0 Å². The first-order chi connectivity index (χ1) is 16.7. The lowest BCUT2D eigenvalue weighted by atomic mass is 10.0. The van der Waals surface area contributed by atoms with Crippen LogP contribution < -0.4 is 10.6 Å². The molecule has 5 aromatic rings. The second-order valence-electron chi connectivity index (χ2n) is 8.24. The number of benzene rings is 5. The summed E-state index contributed by atoms with van der Waals surface area (Å²) in [6.45, 7) is 0.820. The highest BCUT2D eigenvalue weighted by Crippen LogP contribution is 2.20. The van der Waals surface area contributed by atoms with Crippen molar-refractivity contribution in [2.24, 2.45) is 0 Å². The van der Waals surface area contributed by atoms with Crippen LogP contribution in [0.4, 0.5) is 0 Å². The van der Waals surface area contributed by atoms with E-state index >= 15 is 0 Å². The Bertz CT molecular complexity index is 1390. The molecule has 0 saturated heterocycles. The van der Waals surface area contributed by atoms with Crippen molar-refractivity contribution in [1.82, 2.24) is 10.6 Å². The van der Waals surface area contributed by atoms with Crippen molar-refractivity contribution >= 4 is 33.4 Å². The van der Waals surface area contributed by atoms with Gasteiger partial charge in [0.2, 0.25) is 0 Å². The second kappa shape index (κ2) is 9.59. The summed E-state index contributed by atoms with van der Waals surface area (Å²) in [7, 11) is 0. The molecule has 0 aliphatic rings. The number of nitrogens with one attached hydrogen (secondary N) is 2. The van der Waals surface area contributed by atoms with Gasteiger partial charge >= 0.3 is 0 Å². The van der Waals surface area contributed by atoms with Gasteiger partial charge in [-0.25, -0.2) is 0 Å². The van der Waals surface area contributed by atoms with Crippen LogP contribution in [0.1, 0.15) is 31.8 Å². The molecule has 166 valence electrons. The van der Waals surface area contributed by atoms with Gasteiger partial charge in [-0.3, -0.25) is 9.59 Å². The van der Waals surface area contributed by atoms with Gasteiger partial charge < -0.3 is 10.6 Å². The topological polar surface area (TPSA) is 58.2 Å². The van der Waals surface area contributed by atoms with Crippen LogP contribution in [0.25, 0.3) is 21.5 Å². The van der Waals surface area contributed by atoms with E-state index in [4.69, 9.17) is 0 Å². The molecule has 2 N–H and O–H groups in total. The maximum Gasteiger partial charge on any atom is 0.252 e. The fourth-order valence-electron chi connectivity index (χ4n) is 4.25. The minimum Gasteiger partial charge on any atom is -0.348 e. The van der Waals surface area contributed by atoms with Gasteiger partial charge in [-0.05, 0) is 44.8 Å². The molecule has 0 aliphatic carbocycles. The number of rotatable bonds is 6. The maximum atomic E-state index is 12.8. The molecule has 2 amide bonds. The minimum atomic E-state index is -0.105. The molecule has 0 atom stereocenters. The van der Waals surface area contributed by atoms with Crippen LogP contribution in [0, 0.1) is 0 Å². The quantitative estimate of drug-likeness (QED) is 0.345. The molecule has 0 saturated carbocycles. The Morgan fingerprint density at radius 2 is 0.912 bits per heavy atom. The van der Waals surface area contributed by atoms with E-state index in [0.29, 0.717) is 24.2 Å². The van der Waals surface area contributed by atoms with Crippen LogP contribution in [-0.4, -0.2) is 11.8 Å². The fraction of sp³-hybridized carbons (Fsp3) is 0.0667. The van der Waals surface area contributed by atoms with Crippen molar-refractivity contribution in [2.45, 2.75) is 13.1 Å². The molecule has 0 radical (unpaired) electrons. The Balaban J connectivity index is 1.24. The summed E-state index contributed by atoms with van der Waals surface area (Å²) in [5.74, 6) is -0.210. The van der Waals surface area contributed by atoms with E-state index in [1.54, 1.807) is 0 Å². The molecule has 5 aromatic carbocycles. The van der Waals surface area contributed by atoms with E-state index in [1.807, 2.05) is 109 Å². The molecule has 0 spiro atoms. The lowest BCUT2D eigenvalue weighted by molar-refractivity contribution is 0.0945. The smallest absolute Gasteiger partial charge is 0.252 e. The van der Waals surface area contributed by atoms with E-state index in [-0.39, 0.29) is 11.8 Å². The molecule has 0 fully saturated rings. The largest absolute Gasteiger partial charge is 0.348 e. The van der Waals surface area contributed by atoms with Crippen molar-refractivity contribution in [1.29, 1.82) is 0 Å². The van der Waals surface area contributed by atoms with Crippen LogP contribution in [0.15, 0.2) is 109 Å². The zero-order chi connectivity index (χ0) is 23.3. The first-order valence-electron chi connectivity index (χ1n) is 11.3. The van der Waals surface area contributed by atoms with E-state index < -0.39 is 0 Å². The molecular weight excluding hydrogens is 420 g/mol. The predicted molar refractivity (Wildman–Crippen MR) is 137 cm³/mol. The molecule has 4 nitrogen and oxygen atoms in total. The number of hydrogen-bond acceptors (Lipinski definition) is 2. The number of fused-ring (bicyclic) bond motifs is 2. The molecule has 34 heavy (non-hydrogen) atoms. The van der Waals surface area contributed by atoms with Gasteiger partial charge in [-0.1, -0.05) is 97.1 Å². The Hall–Kier alpha value is -4.44. The fourth-order valence-corrected chi connectivity index (χ4v) is 4.25. The van der Waals surface area contributed by atoms with Crippen molar-refractivity contribution in [3.8, 4) is 0 Å². The summed E-state index contributed by atoms with van der Waals surface area (Å²) >= 11 is 0. The second-order valence-corrected chi connectivity index (χ2v) is 8.24. The molecule has 0 heterocycles. The number of carbonyl (C=O) groups excluding carboxylic acids is 2. The number of carbonyl (C=O) groups is 2. The Kier molecular flexibility index (Phi) is 6.04. The van der Waals surface area contributed by atoms with Crippen LogP contribution >= 0.6 is 0 Å². The van der Waals surface area contributed by atoms with Crippen molar-refractivity contribution in [3.63, 3.8) is 0 Å². The summed E-state index contributed by atoms with van der Waals surface area (Å²) in [6.07, 6.45) is 0. The van der Waals surface area contributed by atoms with Crippen molar-refractivity contribution < 1.29 is 9.59 Å². The lowest BCUT2D eigenvalue weighted by Crippen LogP contribution is -2.24. The summed E-state index contributed by atoms with van der Waals surface area (Å²) in [6, 6.07) is 35.1. The Morgan fingerprint density at radius 3 is 1.41 bits per heavy atom. The Morgan fingerprint density at radius 1 is 0.500 bits per heavy atom. The molecule has 0 bridgehead atoms. The van der Waals surface area contributed by atoms with Crippen LogP contribution in [0.3, 0.4) is 0 Å². The average molecular weight is 445 g/mol. The first kappa shape index (κ1) is 21.4. The third-order valence-corrected chi connectivity index (χ3v) is 5.97. The van der Waals surface area contributed by atoms with Gasteiger partial charge in [0, 0.05) is 24.2 Å². The van der Waals surface area contributed by atoms with Crippen molar-refractivity contribution in [2.75, 3.05) is 0 Å². The molecule has 0 aromatic heterocycles. The number of hydrogen-bond donors (Lipinski definition) is 2. The highest BCUT2D eigenvalue weighted by molar-refractivity contribution is 6.07. The standard InChI is InChI=1S/C30H24N2O2/c33-29(27-16-6-12-23-10-1-3-14-25(23)27)31-19-21-8-5-9-22(18-21)20-32-30(34)28-17-7-13-24-11-2-4-15-26(24)28/h1-18H,19-20H2,(H,31,33)(H,32,34). The van der Waals surface area contributed by atoms with Gasteiger partial charge in [0.25, 0.3) is 11.8 Å².